The molecule has 1 aromatic rings. The average molecular weight is 372 g/mol. The van der Waals surface area contributed by atoms with Crippen molar-refractivity contribution in [3.05, 3.63) is 29.3 Å². The van der Waals surface area contributed by atoms with Gasteiger partial charge < -0.3 is 9.00 Å². The van der Waals surface area contributed by atoms with Crippen molar-refractivity contribution in [3.8, 4) is 5.75 Å². The maximum absolute atomic E-state index is 12.8. The number of halogens is 6. The standard InChI is InChI=1S/C14H19BF6O2Si/c1-4-24(5-2,6-3)23-15-22-12-8-10(13(16,17)18)7-11(9-12)14(19,20)21/h7-9,15H,4-6H2,1-3H3. The van der Waals surface area contributed by atoms with E-state index < -0.39 is 37.5 Å². The summed E-state index contributed by atoms with van der Waals surface area (Å²) in [6.07, 6.45) is -9.79. The van der Waals surface area contributed by atoms with E-state index in [0.29, 0.717) is 12.1 Å². The molecular weight excluding hydrogens is 353 g/mol. The third kappa shape index (κ3) is 5.44. The van der Waals surface area contributed by atoms with Crippen LogP contribution in [0.1, 0.15) is 31.9 Å². The lowest BCUT2D eigenvalue weighted by atomic mass is 10.1. The third-order valence-electron chi connectivity index (χ3n) is 4.08. The molecule has 2 nitrogen and oxygen atoms in total. The molecule has 10 heteroatoms. The second-order valence-electron chi connectivity index (χ2n) is 5.39. The van der Waals surface area contributed by atoms with E-state index >= 15 is 0 Å². The molecule has 0 saturated carbocycles. The molecule has 1 rings (SSSR count). The number of hydrogen-bond donors (Lipinski definition) is 0. The van der Waals surface area contributed by atoms with Crippen LogP contribution in [0.25, 0.3) is 0 Å². The summed E-state index contributed by atoms with van der Waals surface area (Å²) in [5.41, 5.74) is -2.81. The van der Waals surface area contributed by atoms with Crippen LogP contribution in [0.5, 0.6) is 5.75 Å². The van der Waals surface area contributed by atoms with Gasteiger partial charge in [-0.15, -0.1) is 0 Å². The fraction of sp³-hybridized carbons (Fsp3) is 0.571. The Morgan fingerprint density at radius 2 is 1.25 bits per heavy atom. The van der Waals surface area contributed by atoms with E-state index in [9.17, 15) is 26.3 Å². The van der Waals surface area contributed by atoms with Gasteiger partial charge in [0.1, 0.15) is 5.75 Å². The molecule has 136 valence electrons. The Hall–Kier alpha value is -1.16. The topological polar surface area (TPSA) is 18.5 Å². The summed E-state index contributed by atoms with van der Waals surface area (Å²) >= 11 is 0. The first-order valence-corrected chi connectivity index (χ1v) is 10.1. The first-order valence-electron chi connectivity index (χ1n) is 7.53. The third-order valence-corrected chi connectivity index (χ3v) is 8.68. The summed E-state index contributed by atoms with van der Waals surface area (Å²) in [7, 11) is -2.40. The molecule has 0 saturated heterocycles. The van der Waals surface area contributed by atoms with Gasteiger partial charge in [0.25, 0.3) is 0 Å². The van der Waals surface area contributed by atoms with Crippen molar-refractivity contribution >= 4 is 16.0 Å². The summed E-state index contributed by atoms with van der Waals surface area (Å²) in [6, 6.07) is 3.54. The lowest BCUT2D eigenvalue weighted by Crippen LogP contribution is -2.38. The van der Waals surface area contributed by atoms with Crippen molar-refractivity contribution in [1.82, 2.24) is 0 Å². The van der Waals surface area contributed by atoms with Gasteiger partial charge in [0.2, 0.25) is 0 Å². The fourth-order valence-electron chi connectivity index (χ4n) is 2.29. The van der Waals surface area contributed by atoms with Gasteiger partial charge in [-0.25, -0.2) is 0 Å². The maximum atomic E-state index is 12.8. The summed E-state index contributed by atoms with van der Waals surface area (Å²) in [6.45, 7) is 5.85. The molecule has 0 bridgehead atoms. The van der Waals surface area contributed by atoms with Gasteiger partial charge in [0, 0.05) is 0 Å². The van der Waals surface area contributed by atoms with Crippen molar-refractivity contribution < 1.29 is 35.3 Å². The van der Waals surface area contributed by atoms with Crippen LogP contribution in [0.15, 0.2) is 18.2 Å². The van der Waals surface area contributed by atoms with Crippen LogP contribution in [0.2, 0.25) is 18.1 Å². The molecule has 24 heavy (non-hydrogen) atoms. The van der Waals surface area contributed by atoms with Crippen LogP contribution in [-0.4, -0.2) is 16.0 Å². The number of hydrogen-bond acceptors (Lipinski definition) is 2. The van der Waals surface area contributed by atoms with Crippen LogP contribution in [0.4, 0.5) is 26.3 Å². The Bertz CT molecular complexity index is 503. The number of alkyl halides is 6. The molecule has 0 amide bonds. The minimum absolute atomic E-state index is 0.0664. The predicted octanol–water partition coefficient (Wildman–Crippen LogP) is 5.39. The van der Waals surface area contributed by atoms with Crippen molar-refractivity contribution in [1.29, 1.82) is 0 Å². The first kappa shape index (κ1) is 20.9. The van der Waals surface area contributed by atoms with E-state index in [4.69, 9.17) is 9.00 Å². The Balaban J connectivity index is 2.99. The second-order valence-corrected chi connectivity index (χ2v) is 10.2. The lowest BCUT2D eigenvalue weighted by molar-refractivity contribution is -0.143. The fourth-order valence-corrected chi connectivity index (χ4v) is 4.71. The monoisotopic (exact) mass is 372 g/mol. The molecule has 0 unspecified atom stereocenters. The van der Waals surface area contributed by atoms with Crippen LogP contribution in [0.3, 0.4) is 0 Å². The Labute approximate surface area is 138 Å². The largest absolute Gasteiger partial charge is 0.539 e. The minimum atomic E-state index is -4.89. The maximum Gasteiger partial charge on any atom is 0.496 e. The molecule has 0 aliphatic carbocycles. The highest BCUT2D eigenvalue weighted by atomic mass is 28.4. The summed E-state index contributed by atoms with van der Waals surface area (Å²) < 4.78 is 87.3. The lowest BCUT2D eigenvalue weighted by Gasteiger charge is -2.28. The van der Waals surface area contributed by atoms with E-state index in [1.54, 1.807) is 0 Å². The van der Waals surface area contributed by atoms with Gasteiger partial charge in [-0.1, -0.05) is 20.8 Å². The van der Waals surface area contributed by atoms with E-state index in [-0.39, 0.29) is 13.8 Å². The molecule has 0 radical (unpaired) electrons. The molecule has 0 fully saturated rings. The van der Waals surface area contributed by atoms with E-state index in [1.165, 1.54) is 0 Å². The molecule has 1 aromatic carbocycles. The molecule has 0 aromatic heterocycles. The van der Waals surface area contributed by atoms with Gasteiger partial charge in [0.15, 0.2) is 8.32 Å². The minimum Gasteiger partial charge on any atom is -0.539 e. The van der Waals surface area contributed by atoms with Gasteiger partial charge in [-0.2, -0.15) is 26.3 Å². The molecule has 0 aliphatic heterocycles. The van der Waals surface area contributed by atoms with E-state index in [2.05, 4.69) is 0 Å². The van der Waals surface area contributed by atoms with Crippen molar-refractivity contribution in [3.63, 3.8) is 0 Å². The van der Waals surface area contributed by atoms with Crippen LogP contribution < -0.4 is 4.65 Å². The van der Waals surface area contributed by atoms with Crippen molar-refractivity contribution in [2.24, 2.45) is 0 Å². The van der Waals surface area contributed by atoms with Crippen molar-refractivity contribution in [2.75, 3.05) is 0 Å². The zero-order valence-corrected chi connectivity index (χ0v) is 14.6. The Kier molecular flexibility index (Phi) is 6.80. The quantitative estimate of drug-likeness (QED) is 0.472. The Morgan fingerprint density at radius 3 is 1.58 bits per heavy atom. The van der Waals surface area contributed by atoms with E-state index in [0.717, 1.165) is 18.1 Å². The normalized spacial score (nSPS) is 13.0. The summed E-state index contributed by atoms with van der Waals surface area (Å²) in [5.74, 6) is -0.511. The highest BCUT2D eigenvalue weighted by Crippen LogP contribution is 2.38. The Morgan fingerprint density at radius 1 is 0.833 bits per heavy atom. The number of benzene rings is 1. The SMILES string of the molecule is CC[Si](CC)(CC)OBOc1cc(C(F)(F)F)cc(C(F)(F)F)c1. The van der Waals surface area contributed by atoms with E-state index in [1.807, 2.05) is 20.8 Å². The van der Waals surface area contributed by atoms with Crippen LogP contribution in [-0.2, 0) is 16.7 Å². The van der Waals surface area contributed by atoms with Crippen molar-refractivity contribution in [2.45, 2.75) is 51.3 Å². The average Bonchev–Trinajstić information content (AvgIpc) is 2.50. The number of rotatable bonds is 7. The van der Waals surface area contributed by atoms with Crippen LogP contribution >= 0.6 is 0 Å². The molecule has 0 aliphatic rings. The smallest absolute Gasteiger partial charge is 0.496 e. The summed E-state index contributed by atoms with van der Waals surface area (Å²) in [4.78, 5) is 0. The molecule has 0 heterocycles. The highest BCUT2D eigenvalue weighted by molar-refractivity contribution is 6.76. The van der Waals surface area contributed by atoms with Gasteiger partial charge in [-0.3, -0.25) is 0 Å². The van der Waals surface area contributed by atoms with Gasteiger partial charge in [-0.05, 0) is 36.3 Å². The molecular formula is C14H19BF6O2Si. The zero-order valence-electron chi connectivity index (χ0n) is 13.6. The first-order chi connectivity index (χ1) is 11.0. The van der Waals surface area contributed by atoms with Crippen LogP contribution in [0, 0.1) is 0 Å². The van der Waals surface area contributed by atoms with Gasteiger partial charge >= 0.3 is 20.0 Å². The zero-order chi connectivity index (χ0) is 18.6. The molecule has 0 atom stereocenters. The second kappa shape index (κ2) is 7.82. The highest BCUT2D eigenvalue weighted by Gasteiger charge is 2.37. The van der Waals surface area contributed by atoms with Gasteiger partial charge in [0.05, 0.1) is 11.1 Å². The molecule has 0 N–H and O–H groups in total. The predicted molar refractivity (Wildman–Crippen MR) is 82.5 cm³/mol. The molecule has 0 spiro atoms. The summed E-state index contributed by atoms with van der Waals surface area (Å²) in [5, 5.41) is 0.